The van der Waals surface area contributed by atoms with Gasteiger partial charge in [-0.3, -0.25) is 0 Å². The number of aromatic nitrogens is 4. The maximum Gasteiger partial charge on any atom is 0.235 e. The molecular weight excluding hydrogens is 395 g/mol. The molecule has 0 amide bonds. The van der Waals surface area contributed by atoms with E-state index >= 15 is 0 Å². The normalized spacial score (nSPS) is 11.1. The molecule has 0 radical (unpaired) electrons. The van der Waals surface area contributed by atoms with Crippen molar-refractivity contribution in [3.63, 3.8) is 0 Å². The number of benzene rings is 2. The average molecular weight is 405 g/mol. The average Bonchev–Trinajstić information content (AvgIpc) is 3.18. The van der Waals surface area contributed by atoms with Crippen LogP contribution in [0.1, 0.15) is 0 Å². The first-order valence-electron chi connectivity index (χ1n) is 6.98. The summed E-state index contributed by atoms with van der Waals surface area (Å²) in [6, 6.07) is 12.4. The molecular formula is C16H10BrFN4OS. The minimum atomic E-state index is -0.309. The molecule has 0 spiro atoms. The van der Waals surface area contributed by atoms with Crippen LogP contribution >= 0.6 is 27.3 Å². The van der Waals surface area contributed by atoms with E-state index in [1.807, 2.05) is 24.3 Å². The van der Waals surface area contributed by atoms with E-state index in [4.69, 9.17) is 4.74 Å². The molecule has 0 aliphatic carbocycles. The van der Waals surface area contributed by atoms with Gasteiger partial charge in [-0.25, -0.2) is 4.39 Å². The van der Waals surface area contributed by atoms with Gasteiger partial charge in [0, 0.05) is 5.56 Å². The standard InChI is InChI=1S/C16H10BrFN4OS/c1-23-13-5-3-2-4-10(13)14-19-20-16-22(14)21-15(24-16)9-6-7-12(18)11(17)8-9/h2-8H,1H3. The summed E-state index contributed by atoms with van der Waals surface area (Å²) in [6.07, 6.45) is 0. The van der Waals surface area contributed by atoms with Crippen LogP contribution in [0.3, 0.4) is 0 Å². The largest absolute Gasteiger partial charge is 0.496 e. The van der Waals surface area contributed by atoms with E-state index in [9.17, 15) is 4.39 Å². The highest BCUT2D eigenvalue weighted by atomic mass is 79.9. The minimum Gasteiger partial charge on any atom is -0.496 e. The van der Waals surface area contributed by atoms with Crippen molar-refractivity contribution in [1.82, 2.24) is 19.8 Å². The van der Waals surface area contributed by atoms with Crippen molar-refractivity contribution in [3.05, 3.63) is 52.8 Å². The fourth-order valence-electron chi connectivity index (χ4n) is 2.36. The van der Waals surface area contributed by atoms with Crippen molar-refractivity contribution in [2.45, 2.75) is 0 Å². The number of hydrogen-bond donors (Lipinski definition) is 0. The summed E-state index contributed by atoms with van der Waals surface area (Å²) in [6.45, 7) is 0. The van der Waals surface area contributed by atoms with Gasteiger partial charge in [0.2, 0.25) is 4.96 Å². The Labute approximate surface area is 148 Å². The van der Waals surface area contributed by atoms with Crippen LogP contribution in [0, 0.1) is 5.82 Å². The zero-order chi connectivity index (χ0) is 16.7. The van der Waals surface area contributed by atoms with Crippen molar-refractivity contribution in [2.75, 3.05) is 7.11 Å². The summed E-state index contributed by atoms with van der Waals surface area (Å²) in [7, 11) is 1.61. The van der Waals surface area contributed by atoms with Crippen LogP contribution in [-0.2, 0) is 0 Å². The molecule has 5 nitrogen and oxygen atoms in total. The Morgan fingerprint density at radius 1 is 1.17 bits per heavy atom. The summed E-state index contributed by atoms with van der Waals surface area (Å²) in [4.78, 5) is 0.659. The molecule has 2 aromatic heterocycles. The van der Waals surface area contributed by atoms with E-state index in [1.165, 1.54) is 17.4 Å². The number of rotatable bonds is 3. The third-order valence-corrected chi connectivity index (χ3v) is 5.06. The topological polar surface area (TPSA) is 52.3 Å². The number of ether oxygens (including phenoxy) is 1. The highest BCUT2D eigenvalue weighted by Crippen LogP contribution is 2.33. The summed E-state index contributed by atoms with van der Waals surface area (Å²) in [5, 5.41) is 13.7. The van der Waals surface area contributed by atoms with Crippen molar-refractivity contribution < 1.29 is 9.13 Å². The Hall–Kier alpha value is -2.32. The Morgan fingerprint density at radius 3 is 2.79 bits per heavy atom. The van der Waals surface area contributed by atoms with Crippen LogP contribution in [0.25, 0.3) is 26.9 Å². The van der Waals surface area contributed by atoms with Crippen LogP contribution in [0.4, 0.5) is 4.39 Å². The number of para-hydroxylation sites is 1. The lowest BCUT2D eigenvalue weighted by atomic mass is 10.2. The maximum atomic E-state index is 13.4. The number of halogens is 2. The highest BCUT2D eigenvalue weighted by molar-refractivity contribution is 9.10. The first-order valence-corrected chi connectivity index (χ1v) is 8.59. The molecule has 0 saturated heterocycles. The predicted molar refractivity (Wildman–Crippen MR) is 93.7 cm³/mol. The number of methoxy groups -OCH3 is 1. The lowest BCUT2D eigenvalue weighted by molar-refractivity contribution is 0.416. The Kier molecular flexibility index (Phi) is 3.78. The van der Waals surface area contributed by atoms with Gasteiger partial charge in [-0.15, -0.1) is 10.2 Å². The van der Waals surface area contributed by atoms with Crippen LogP contribution in [0.2, 0.25) is 0 Å². The van der Waals surface area contributed by atoms with Gasteiger partial charge in [0.05, 0.1) is 17.1 Å². The van der Waals surface area contributed by atoms with Crippen molar-refractivity contribution in [2.24, 2.45) is 0 Å². The zero-order valence-electron chi connectivity index (χ0n) is 12.4. The van der Waals surface area contributed by atoms with Crippen molar-refractivity contribution in [1.29, 1.82) is 0 Å². The molecule has 0 aliphatic rings. The zero-order valence-corrected chi connectivity index (χ0v) is 14.8. The second kappa shape index (κ2) is 5.95. The third kappa shape index (κ3) is 2.47. The van der Waals surface area contributed by atoms with Crippen LogP contribution in [0.15, 0.2) is 46.9 Å². The number of hydrogen-bond acceptors (Lipinski definition) is 5. The quantitative estimate of drug-likeness (QED) is 0.506. The van der Waals surface area contributed by atoms with E-state index in [1.54, 1.807) is 23.8 Å². The minimum absolute atomic E-state index is 0.309. The Morgan fingerprint density at radius 2 is 2.00 bits per heavy atom. The molecule has 4 aromatic rings. The van der Waals surface area contributed by atoms with E-state index in [-0.39, 0.29) is 5.82 Å². The molecule has 2 aromatic carbocycles. The van der Waals surface area contributed by atoms with E-state index < -0.39 is 0 Å². The van der Waals surface area contributed by atoms with E-state index in [0.29, 0.717) is 21.0 Å². The van der Waals surface area contributed by atoms with E-state index in [2.05, 4.69) is 31.2 Å². The molecule has 0 bridgehead atoms. The summed E-state index contributed by atoms with van der Waals surface area (Å²) >= 11 is 4.59. The Balaban J connectivity index is 1.86. The van der Waals surface area contributed by atoms with Gasteiger partial charge in [-0.2, -0.15) is 9.61 Å². The van der Waals surface area contributed by atoms with Gasteiger partial charge in [-0.05, 0) is 46.3 Å². The highest BCUT2D eigenvalue weighted by Gasteiger charge is 2.17. The fraction of sp³-hybridized carbons (Fsp3) is 0.0625. The van der Waals surface area contributed by atoms with Crippen molar-refractivity contribution >= 4 is 32.2 Å². The second-order valence-corrected chi connectivity index (χ2v) is 6.76. The molecule has 2 heterocycles. The summed E-state index contributed by atoms with van der Waals surface area (Å²) in [5.41, 5.74) is 1.62. The van der Waals surface area contributed by atoms with Gasteiger partial charge in [0.25, 0.3) is 0 Å². The molecule has 0 saturated carbocycles. The molecule has 0 unspecified atom stereocenters. The number of fused-ring (bicyclic) bond motifs is 1. The number of nitrogens with zero attached hydrogens (tertiary/aromatic N) is 4. The molecule has 24 heavy (non-hydrogen) atoms. The third-order valence-electron chi connectivity index (χ3n) is 3.51. The molecule has 8 heteroatoms. The molecule has 0 fully saturated rings. The van der Waals surface area contributed by atoms with Gasteiger partial charge in [0.1, 0.15) is 16.6 Å². The van der Waals surface area contributed by atoms with Crippen LogP contribution in [-0.4, -0.2) is 26.9 Å². The maximum absolute atomic E-state index is 13.4. The summed E-state index contributed by atoms with van der Waals surface area (Å²) < 4.78 is 20.9. The fourth-order valence-corrected chi connectivity index (χ4v) is 3.57. The monoisotopic (exact) mass is 404 g/mol. The molecule has 4 rings (SSSR count). The molecule has 0 N–H and O–H groups in total. The first-order chi connectivity index (χ1) is 11.7. The Bertz CT molecular complexity index is 1050. The first kappa shape index (κ1) is 15.2. The lowest BCUT2D eigenvalue weighted by Gasteiger charge is -2.04. The van der Waals surface area contributed by atoms with Crippen LogP contribution in [0.5, 0.6) is 5.75 Å². The van der Waals surface area contributed by atoms with Gasteiger partial charge >= 0.3 is 0 Å². The van der Waals surface area contributed by atoms with Crippen LogP contribution < -0.4 is 4.74 Å². The second-order valence-electron chi connectivity index (χ2n) is 4.95. The molecule has 0 atom stereocenters. The molecule has 0 aliphatic heterocycles. The van der Waals surface area contributed by atoms with Gasteiger partial charge in [0.15, 0.2) is 5.82 Å². The van der Waals surface area contributed by atoms with Gasteiger partial charge in [-0.1, -0.05) is 23.5 Å². The SMILES string of the molecule is COc1ccccc1-c1nnc2sc(-c3ccc(F)c(Br)c3)nn12. The smallest absolute Gasteiger partial charge is 0.235 e. The molecule has 120 valence electrons. The van der Waals surface area contributed by atoms with E-state index in [0.717, 1.165) is 16.1 Å². The lowest BCUT2D eigenvalue weighted by Crippen LogP contribution is -1.94. The van der Waals surface area contributed by atoms with Crippen molar-refractivity contribution in [3.8, 4) is 27.7 Å². The predicted octanol–water partition coefficient (Wildman–Crippen LogP) is 4.43. The summed E-state index contributed by atoms with van der Waals surface area (Å²) in [5.74, 6) is 0.994. The van der Waals surface area contributed by atoms with Gasteiger partial charge < -0.3 is 4.74 Å².